The van der Waals surface area contributed by atoms with Crippen LogP contribution in [0.5, 0.6) is 5.75 Å². The number of carbonyl (C=O) groups is 1. The summed E-state index contributed by atoms with van der Waals surface area (Å²) in [6.45, 7) is 6.77. The number of rotatable bonds is 6. The summed E-state index contributed by atoms with van der Waals surface area (Å²) in [5.41, 5.74) is 15.2. The van der Waals surface area contributed by atoms with Crippen molar-refractivity contribution in [3.05, 3.63) is 93.5 Å². The molecule has 172 valence electrons. The van der Waals surface area contributed by atoms with E-state index in [0.717, 1.165) is 47.3 Å². The molecule has 2 atom stereocenters. The van der Waals surface area contributed by atoms with Crippen LogP contribution in [0.3, 0.4) is 0 Å². The van der Waals surface area contributed by atoms with Gasteiger partial charge in [0.15, 0.2) is 0 Å². The Morgan fingerprint density at radius 1 is 1.06 bits per heavy atom. The predicted molar refractivity (Wildman–Crippen MR) is 134 cm³/mol. The first-order valence-electron chi connectivity index (χ1n) is 11.6. The van der Waals surface area contributed by atoms with Crippen molar-refractivity contribution in [2.45, 2.75) is 52.1 Å². The number of hydrogen-bond donors (Lipinski definition) is 4. The molecule has 0 unspecified atom stereocenters. The topological polar surface area (TPSA) is 87.4 Å². The first kappa shape index (κ1) is 22.9. The first-order chi connectivity index (χ1) is 15.8. The standard InChI is InChI=1S/C28H33N3O2/c1-17-4-6-20(7-5-17)14-21-8-9-26-24(15-21)27(10-11-30-26)31-28(33)25(29)16-23-18(2)12-22(32)13-19(23)3/h4-9,12-13,15,25,27,30,32H,10-11,14,16,29H2,1-3H3,(H,31,33)/t25-,27+/m0/s1. The van der Waals surface area contributed by atoms with Gasteiger partial charge in [-0.15, -0.1) is 0 Å². The fraction of sp³-hybridized carbons (Fsp3) is 0.321. The Bertz CT molecular complexity index is 1130. The molecule has 0 saturated heterocycles. The second kappa shape index (κ2) is 9.67. The largest absolute Gasteiger partial charge is 0.508 e. The zero-order valence-electron chi connectivity index (χ0n) is 19.6. The number of fused-ring (bicyclic) bond motifs is 1. The molecule has 0 bridgehead atoms. The number of aromatic hydroxyl groups is 1. The van der Waals surface area contributed by atoms with Gasteiger partial charge in [-0.25, -0.2) is 0 Å². The van der Waals surface area contributed by atoms with Crippen molar-refractivity contribution in [2.75, 3.05) is 11.9 Å². The number of anilines is 1. The lowest BCUT2D eigenvalue weighted by atomic mass is 9.92. The molecule has 5 N–H and O–H groups in total. The van der Waals surface area contributed by atoms with E-state index in [9.17, 15) is 9.90 Å². The van der Waals surface area contributed by atoms with Gasteiger partial charge >= 0.3 is 0 Å². The summed E-state index contributed by atoms with van der Waals surface area (Å²) in [5.74, 6) is 0.0863. The minimum Gasteiger partial charge on any atom is -0.508 e. The predicted octanol–water partition coefficient (Wildman–Crippen LogP) is 4.45. The van der Waals surface area contributed by atoms with E-state index >= 15 is 0 Å². The molecule has 0 radical (unpaired) electrons. The summed E-state index contributed by atoms with van der Waals surface area (Å²) in [6.07, 6.45) is 2.11. The number of hydrogen-bond acceptors (Lipinski definition) is 4. The number of nitrogens with one attached hydrogen (secondary N) is 2. The molecule has 0 fully saturated rings. The molecule has 1 aliphatic heterocycles. The highest BCUT2D eigenvalue weighted by atomic mass is 16.3. The average molecular weight is 444 g/mol. The Morgan fingerprint density at radius 2 is 1.73 bits per heavy atom. The van der Waals surface area contributed by atoms with Gasteiger partial charge in [0, 0.05) is 12.2 Å². The van der Waals surface area contributed by atoms with E-state index in [0.29, 0.717) is 6.42 Å². The Kier molecular flexibility index (Phi) is 6.70. The number of aryl methyl sites for hydroxylation is 3. The Hall–Kier alpha value is -3.31. The van der Waals surface area contributed by atoms with Gasteiger partial charge in [0.1, 0.15) is 5.75 Å². The lowest BCUT2D eigenvalue weighted by Gasteiger charge is -2.29. The van der Waals surface area contributed by atoms with Gasteiger partial charge in [-0.3, -0.25) is 4.79 Å². The summed E-state index contributed by atoms with van der Waals surface area (Å²) < 4.78 is 0. The summed E-state index contributed by atoms with van der Waals surface area (Å²) >= 11 is 0. The van der Waals surface area contributed by atoms with Gasteiger partial charge in [0.25, 0.3) is 0 Å². The molecule has 3 aromatic carbocycles. The van der Waals surface area contributed by atoms with Crippen molar-refractivity contribution in [1.82, 2.24) is 5.32 Å². The zero-order valence-corrected chi connectivity index (χ0v) is 19.6. The van der Waals surface area contributed by atoms with Crippen LogP contribution in [0.15, 0.2) is 54.6 Å². The highest BCUT2D eigenvalue weighted by molar-refractivity contribution is 5.82. The first-order valence-corrected chi connectivity index (χ1v) is 11.6. The second-order valence-electron chi connectivity index (χ2n) is 9.23. The van der Waals surface area contributed by atoms with Crippen molar-refractivity contribution in [2.24, 2.45) is 5.73 Å². The van der Waals surface area contributed by atoms with E-state index < -0.39 is 6.04 Å². The minimum atomic E-state index is -0.652. The third-order valence-corrected chi connectivity index (χ3v) is 6.53. The summed E-state index contributed by atoms with van der Waals surface area (Å²) in [7, 11) is 0. The molecule has 5 nitrogen and oxygen atoms in total. The normalized spacial score (nSPS) is 15.9. The lowest BCUT2D eigenvalue weighted by Crippen LogP contribution is -2.44. The van der Waals surface area contributed by atoms with Crippen molar-refractivity contribution < 1.29 is 9.90 Å². The van der Waals surface area contributed by atoms with E-state index in [-0.39, 0.29) is 17.7 Å². The van der Waals surface area contributed by atoms with Crippen LogP contribution < -0.4 is 16.4 Å². The fourth-order valence-electron chi connectivity index (χ4n) is 4.65. The van der Waals surface area contributed by atoms with E-state index in [1.807, 2.05) is 13.8 Å². The molecule has 1 heterocycles. The number of benzene rings is 3. The van der Waals surface area contributed by atoms with E-state index in [2.05, 4.69) is 60.0 Å². The lowest BCUT2D eigenvalue weighted by molar-refractivity contribution is -0.123. The molecule has 5 heteroatoms. The van der Waals surface area contributed by atoms with Crippen molar-refractivity contribution >= 4 is 11.6 Å². The Morgan fingerprint density at radius 3 is 2.42 bits per heavy atom. The molecule has 0 spiro atoms. The van der Waals surface area contributed by atoms with Gasteiger partial charge in [-0.1, -0.05) is 42.0 Å². The molecule has 4 rings (SSSR count). The number of carbonyl (C=O) groups excluding carboxylic acids is 1. The van der Waals surface area contributed by atoms with Crippen LogP contribution in [0.4, 0.5) is 5.69 Å². The number of phenols is 1. The molecular weight excluding hydrogens is 410 g/mol. The van der Waals surface area contributed by atoms with Crippen LogP contribution in [0.1, 0.15) is 51.4 Å². The zero-order chi connectivity index (χ0) is 23.5. The number of amides is 1. The highest BCUT2D eigenvalue weighted by Gasteiger charge is 2.25. The maximum atomic E-state index is 13.0. The minimum absolute atomic E-state index is 0.0696. The fourth-order valence-corrected chi connectivity index (χ4v) is 4.65. The maximum absolute atomic E-state index is 13.0. The monoisotopic (exact) mass is 443 g/mol. The molecule has 0 aromatic heterocycles. The van der Waals surface area contributed by atoms with E-state index in [4.69, 9.17) is 5.73 Å². The van der Waals surface area contributed by atoms with Crippen LogP contribution in [0, 0.1) is 20.8 Å². The number of phenolic OH excluding ortho intramolecular Hbond substituents is 1. The van der Waals surface area contributed by atoms with Crippen LogP contribution in [-0.4, -0.2) is 23.6 Å². The average Bonchev–Trinajstić information content (AvgIpc) is 2.78. The third-order valence-electron chi connectivity index (χ3n) is 6.53. The molecule has 3 aromatic rings. The van der Waals surface area contributed by atoms with Crippen LogP contribution in [0.2, 0.25) is 0 Å². The molecule has 33 heavy (non-hydrogen) atoms. The molecule has 1 aliphatic rings. The van der Waals surface area contributed by atoms with Crippen LogP contribution >= 0.6 is 0 Å². The Labute approximate surface area is 196 Å². The Balaban J connectivity index is 1.48. The van der Waals surface area contributed by atoms with Crippen LogP contribution in [-0.2, 0) is 17.6 Å². The molecular formula is C28H33N3O2. The summed E-state index contributed by atoms with van der Waals surface area (Å²) in [6, 6.07) is 17.8. The highest BCUT2D eigenvalue weighted by Crippen LogP contribution is 2.31. The smallest absolute Gasteiger partial charge is 0.237 e. The summed E-state index contributed by atoms with van der Waals surface area (Å²) in [5, 5.41) is 16.4. The maximum Gasteiger partial charge on any atom is 0.237 e. The molecule has 0 aliphatic carbocycles. The van der Waals surface area contributed by atoms with Gasteiger partial charge < -0.3 is 21.5 Å². The third kappa shape index (κ3) is 5.37. The van der Waals surface area contributed by atoms with Gasteiger partial charge in [-0.2, -0.15) is 0 Å². The van der Waals surface area contributed by atoms with Gasteiger partial charge in [0.05, 0.1) is 12.1 Å². The van der Waals surface area contributed by atoms with Crippen molar-refractivity contribution in [1.29, 1.82) is 0 Å². The summed E-state index contributed by atoms with van der Waals surface area (Å²) in [4.78, 5) is 13.0. The SMILES string of the molecule is Cc1ccc(Cc2ccc3c(c2)[C@H](NC(=O)[C@@H](N)Cc2c(C)cc(O)cc2C)CCN3)cc1. The van der Waals surface area contributed by atoms with E-state index in [1.165, 1.54) is 16.7 Å². The second-order valence-corrected chi connectivity index (χ2v) is 9.23. The molecule has 1 amide bonds. The van der Waals surface area contributed by atoms with Crippen molar-refractivity contribution in [3.63, 3.8) is 0 Å². The number of nitrogens with two attached hydrogens (primary N) is 1. The van der Waals surface area contributed by atoms with E-state index in [1.54, 1.807) is 12.1 Å². The van der Waals surface area contributed by atoms with Crippen molar-refractivity contribution in [3.8, 4) is 5.75 Å². The quantitative estimate of drug-likeness (QED) is 0.453. The van der Waals surface area contributed by atoms with Gasteiger partial charge in [0.2, 0.25) is 5.91 Å². The van der Waals surface area contributed by atoms with Crippen LogP contribution in [0.25, 0.3) is 0 Å². The molecule has 0 saturated carbocycles. The van der Waals surface area contributed by atoms with Gasteiger partial charge in [-0.05, 0) is 91.6 Å².